The topological polar surface area (TPSA) is 17.8 Å². The molecule has 1 aromatic heterocycles. The maximum atomic E-state index is 12.4. The summed E-state index contributed by atoms with van der Waals surface area (Å²) in [4.78, 5) is 3.95. The van der Waals surface area contributed by atoms with Crippen molar-refractivity contribution in [2.24, 2.45) is 0 Å². The molecule has 0 amide bonds. The Bertz CT molecular complexity index is 507. The number of imidazole rings is 1. The van der Waals surface area contributed by atoms with E-state index in [-0.39, 0.29) is 0 Å². The van der Waals surface area contributed by atoms with Crippen LogP contribution >= 0.6 is 21.7 Å². The van der Waals surface area contributed by atoms with Crippen molar-refractivity contribution < 1.29 is 13.2 Å². The molecule has 0 unspecified atom stereocenters. The lowest BCUT2D eigenvalue weighted by Crippen LogP contribution is -2.05. The Hall–Kier alpha value is -1.14. The van der Waals surface area contributed by atoms with Gasteiger partial charge >= 0.3 is 6.18 Å². The highest BCUT2D eigenvalue weighted by atomic mass is 35.7. The summed E-state index contributed by atoms with van der Waals surface area (Å²) in [5.41, 5.74) is -0.0971. The summed E-state index contributed by atoms with van der Waals surface area (Å²) in [5, 5.41) is 0.506. The zero-order valence-corrected chi connectivity index (χ0v) is 9.85. The highest BCUT2D eigenvalue weighted by molar-refractivity contribution is 8.21. The first kappa shape index (κ1) is 12.3. The molecule has 2 rings (SSSR count). The average Bonchev–Trinajstić information content (AvgIpc) is 2.76. The highest BCUT2D eigenvalue weighted by Crippen LogP contribution is 2.30. The number of alkyl halides is 3. The third-order valence-corrected chi connectivity index (χ3v) is 3.00. The fourth-order valence-electron chi connectivity index (χ4n) is 1.35. The number of hydrogen-bond acceptors (Lipinski definition) is 2. The molecule has 0 atom stereocenters. The van der Waals surface area contributed by atoms with E-state index in [4.69, 9.17) is 10.7 Å². The van der Waals surface area contributed by atoms with Crippen LogP contribution in [-0.2, 0) is 6.18 Å². The van der Waals surface area contributed by atoms with Gasteiger partial charge in [-0.25, -0.2) is 4.98 Å². The molecule has 90 valence electrons. The van der Waals surface area contributed by atoms with Gasteiger partial charge < -0.3 is 0 Å². The summed E-state index contributed by atoms with van der Waals surface area (Å²) >= 11 is 0. The molecule has 1 heterocycles. The Morgan fingerprint density at radius 1 is 1.18 bits per heavy atom. The van der Waals surface area contributed by atoms with Crippen LogP contribution < -0.4 is 0 Å². The van der Waals surface area contributed by atoms with Crippen LogP contribution in [0.3, 0.4) is 0 Å². The summed E-state index contributed by atoms with van der Waals surface area (Å²) < 4.78 is 38.7. The van der Waals surface area contributed by atoms with Gasteiger partial charge in [-0.1, -0.05) is 0 Å². The van der Waals surface area contributed by atoms with Gasteiger partial charge in [0.1, 0.15) is 0 Å². The summed E-state index contributed by atoms with van der Waals surface area (Å²) in [5.74, 6) is 0. The van der Waals surface area contributed by atoms with Gasteiger partial charge in [-0.15, -0.1) is 0 Å². The molecule has 0 aliphatic heterocycles. The molecule has 2 nitrogen and oxygen atoms in total. The molecule has 0 aliphatic carbocycles. The Balaban J connectivity index is 2.36. The van der Waals surface area contributed by atoms with Crippen LogP contribution in [0.25, 0.3) is 5.69 Å². The number of benzene rings is 1. The molecule has 7 heteroatoms. The fraction of sp³-hybridized carbons (Fsp3) is 0.100. The zero-order chi connectivity index (χ0) is 12.5. The van der Waals surface area contributed by atoms with Crippen LogP contribution in [0.1, 0.15) is 5.56 Å². The van der Waals surface area contributed by atoms with Gasteiger partial charge in [0.15, 0.2) is 5.16 Å². The van der Waals surface area contributed by atoms with E-state index in [2.05, 4.69) is 4.98 Å². The van der Waals surface area contributed by atoms with Crippen molar-refractivity contribution in [3.05, 3.63) is 42.2 Å². The Morgan fingerprint density at radius 2 is 1.82 bits per heavy atom. The summed E-state index contributed by atoms with van der Waals surface area (Å²) in [6, 6.07) is 4.80. The van der Waals surface area contributed by atoms with E-state index in [9.17, 15) is 13.2 Å². The smallest absolute Gasteiger partial charge is 0.294 e. The quantitative estimate of drug-likeness (QED) is 0.822. The van der Waals surface area contributed by atoms with Gasteiger partial charge in [0.25, 0.3) is 0 Å². The van der Waals surface area contributed by atoms with E-state index < -0.39 is 11.7 Å². The molecular formula is C10H6ClF3N2S. The lowest BCUT2D eigenvalue weighted by Gasteiger charge is -2.09. The predicted molar refractivity (Wildman–Crippen MR) is 60.3 cm³/mol. The van der Waals surface area contributed by atoms with E-state index in [1.807, 2.05) is 0 Å². The Labute approximate surface area is 104 Å². The summed E-state index contributed by atoms with van der Waals surface area (Å²) in [6.07, 6.45) is -1.16. The number of halogens is 4. The first-order chi connectivity index (χ1) is 8.02. The van der Waals surface area contributed by atoms with E-state index in [0.29, 0.717) is 10.8 Å². The number of rotatable bonds is 2. The van der Waals surface area contributed by atoms with E-state index in [1.54, 1.807) is 10.8 Å². The fourth-order valence-corrected chi connectivity index (χ4v) is 2.04. The number of aromatic nitrogens is 2. The first-order valence-corrected chi connectivity index (χ1v) is 6.16. The Morgan fingerprint density at radius 3 is 2.35 bits per heavy atom. The lowest BCUT2D eigenvalue weighted by atomic mass is 10.2. The van der Waals surface area contributed by atoms with Crippen molar-refractivity contribution in [1.82, 2.24) is 9.55 Å². The SMILES string of the molecule is FC(F)(F)c1ccc(-n2ccnc2SCl)cc1. The number of hydrogen-bond donors (Lipinski definition) is 0. The van der Waals surface area contributed by atoms with E-state index in [0.717, 1.165) is 23.1 Å². The minimum Gasteiger partial charge on any atom is -0.294 e. The molecule has 0 spiro atoms. The molecule has 0 bridgehead atoms. The van der Waals surface area contributed by atoms with Crippen LogP contribution in [0, 0.1) is 0 Å². The van der Waals surface area contributed by atoms with Gasteiger partial charge in [-0.05, 0) is 34.9 Å². The minimum absolute atomic E-state index is 0.506. The van der Waals surface area contributed by atoms with Gasteiger partial charge in [-0.3, -0.25) is 4.57 Å². The molecule has 0 aliphatic rings. The molecule has 1 aromatic carbocycles. The zero-order valence-electron chi connectivity index (χ0n) is 8.28. The molecular weight excluding hydrogens is 273 g/mol. The van der Waals surface area contributed by atoms with Gasteiger partial charge in [0.05, 0.1) is 5.56 Å². The van der Waals surface area contributed by atoms with Crippen LogP contribution in [-0.4, -0.2) is 9.55 Å². The van der Waals surface area contributed by atoms with Gasteiger partial charge in [0, 0.05) is 29.1 Å². The molecule has 0 saturated heterocycles. The monoisotopic (exact) mass is 278 g/mol. The summed E-state index contributed by atoms with van der Waals surface area (Å²) in [6.45, 7) is 0. The first-order valence-electron chi connectivity index (χ1n) is 4.52. The van der Waals surface area contributed by atoms with Crippen LogP contribution in [0.15, 0.2) is 41.8 Å². The van der Waals surface area contributed by atoms with Gasteiger partial charge in [0.2, 0.25) is 0 Å². The molecule has 0 radical (unpaired) electrons. The van der Waals surface area contributed by atoms with Crippen LogP contribution in [0.4, 0.5) is 13.2 Å². The predicted octanol–water partition coefficient (Wildman–Crippen LogP) is 4.14. The van der Waals surface area contributed by atoms with Crippen molar-refractivity contribution in [3.63, 3.8) is 0 Å². The summed E-state index contributed by atoms with van der Waals surface area (Å²) in [7, 11) is 6.49. The van der Waals surface area contributed by atoms with E-state index in [1.165, 1.54) is 18.3 Å². The second-order valence-electron chi connectivity index (χ2n) is 3.20. The molecule has 17 heavy (non-hydrogen) atoms. The van der Waals surface area contributed by atoms with Crippen LogP contribution in [0.5, 0.6) is 0 Å². The van der Waals surface area contributed by atoms with Crippen molar-refractivity contribution in [1.29, 1.82) is 0 Å². The molecule has 2 aromatic rings. The minimum atomic E-state index is -4.32. The molecule has 0 fully saturated rings. The maximum Gasteiger partial charge on any atom is 0.416 e. The average molecular weight is 279 g/mol. The largest absolute Gasteiger partial charge is 0.416 e. The maximum absolute atomic E-state index is 12.4. The third-order valence-electron chi connectivity index (χ3n) is 2.15. The lowest BCUT2D eigenvalue weighted by molar-refractivity contribution is -0.137. The third kappa shape index (κ3) is 2.58. The van der Waals surface area contributed by atoms with Crippen molar-refractivity contribution in [2.75, 3.05) is 0 Å². The molecule has 0 saturated carbocycles. The van der Waals surface area contributed by atoms with Crippen molar-refractivity contribution in [2.45, 2.75) is 11.3 Å². The second kappa shape index (κ2) is 4.62. The normalized spacial score (nSPS) is 11.8. The van der Waals surface area contributed by atoms with Crippen LogP contribution in [0.2, 0.25) is 0 Å². The van der Waals surface area contributed by atoms with Crippen molar-refractivity contribution >= 4 is 21.7 Å². The van der Waals surface area contributed by atoms with Crippen molar-refractivity contribution in [3.8, 4) is 5.69 Å². The van der Waals surface area contributed by atoms with E-state index >= 15 is 0 Å². The molecule has 0 N–H and O–H groups in total. The number of nitrogens with zero attached hydrogens (tertiary/aromatic N) is 2. The second-order valence-corrected chi connectivity index (χ2v) is 4.18. The standard InChI is InChI=1S/C10H6ClF3N2S/c11-17-9-15-5-6-16(9)8-3-1-7(2-4-8)10(12,13)14/h1-6H. The Kier molecular flexibility index (Phi) is 3.35. The highest BCUT2D eigenvalue weighted by Gasteiger charge is 2.30. The van der Waals surface area contributed by atoms with Gasteiger partial charge in [-0.2, -0.15) is 13.2 Å².